The Morgan fingerprint density at radius 3 is 2.30 bits per heavy atom. The number of benzene rings is 2. The molecule has 1 aromatic heterocycles. The van der Waals surface area contributed by atoms with E-state index in [0.29, 0.717) is 29.4 Å². The highest BCUT2D eigenvalue weighted by Gasteiger charge is 2.41. The van der Waals surface area contributed by atoms with Crippen molar-refractivity contribution in [3.8, 4) is 10.6 Å². The Hall–Kier alpha value is -3.11. The summed E-state index contributed by atoms with van der Waals surface area (Å²) in [4.78, 5) is 15.9. The summed E-state index contributed by atoms with van der Waals surface area (Å²) in [6, 6.07) is 12.6. The standard InChI is InChI=1S/C27H28F3N3O3S/c28-27(29,30)21-11-8-17(9-12-21)16-4-6-19(7-5-16)25-31-24(15-37-25)33(36)32-23-13-10-20(26(34)35)14-22(23)18-2-1-3-18/h4-7,10,13-15,17-18,21,32,36H,1-3,8-9,11-12H2,(H,34,35). The summed E-state index contributed by atoms with van der Waals surface area (Å²) in [5, 5.41) is 23.3. The third-order valence-corrected chi connectivity index (χ3v) is 8.48. The number of aromatic carboxylic acids is 1. The molecule has 0 atom stereocenters. The van der Waals surface area contributed by atoms with Crippen molar-refractivity contribution in [2.24, 2.45) is 5.92 Å². The van der Waals surface area contributed by atoms with Crippen LogP contribution in [0.2, 0.25) is 0 Å². The van der Waals surface area contributed by atoms with Gasteiger partial charge in [0.2, 0.25) is 0 Å². The molecule has 37 heavy (non-hydrogen) atoms. The van der Waals surface area contributed by atoms with Crippen LogP contribution in [0.3, 0.4) is 0 Å². The molecule has 0 saturated heterocycles. The Bertz CT molecular complexity index is 1250. The molecular formula is C27H28F3N3O3S. The van der Waals surface area contributed by atoms with Crippen LogP contribution in [0.15, 0.2) is 47.8 Å². The highest BCUT2D eigenvalue weighted by molar-refractivity contribution is 7.13. The summed E-state index contributed by atoms with van der Waals surface area (Å²) in [6.45, 7) is 0. The number of anilines is 2. The predicted molar refractivity (Wildman–Crippen MR) is 136 cm³/mol. The molecule has 2 aliphatic rings. The predicted octanol–water partition coefficient (Wildman–Crippen LogP) is 7.83. The third-order valence-electron chi connectivity index (χ3n) is 7.60. The molecule has 3 aromatic rings. The van der Waals surface area contributed by atoms with Gasteiger partial charge in [0.15, 0.2) is 5.82 Å². The maximum absolute atomic E-state index is 13.0. The van der Waals surface area contributed by atoms with E-state index in [2.05, 4.69) is 10.4 Å². The van der Waals surface area contributed by atoms with Gasteiger partial charge in [-0.3, -0.25) is 10.6 Å². The largest absolute Gasteiger partial charge is 0.478 e. The van der Waals surface area contributed by atoms with Crippen molar-refractivity contribution in [3.63, 3.8) is 0 Å². The van der Waals surface area contributed by atoms with Crippen LogP contribution >= 0.6 is 11.3 Å². The van der Waals surface area contributed by atoms with Crippen molar-refractivity contribution in [2.75, 3.05) is 10.6 Å². The topological polar surface area (TPSA) is 85.7 Å². The summed E-state index contributed by atoms with van der Waals surface area (Å²) < 4.78 is 38.9. The van der Waals surface area contributed by atoms with Crippen molar-refractivity contribution >= 4 is 28.8 Å². The number of carboxylic acid groups (broad SMARTS) is 1. The fourth-order valence-corrected chi connectivity index (χ4v) is 5.96. The van der Waals surface area contributed by atoms with Gasteiger partial charge in [0.05, 0.1) is 17.2 Å². The Labute approximate surface area is 216 Å². The van der Waals surface area contributed by atoms with E-state index in [-0.39, 0.29) is 30.2 Å². The summed E-state index contributed by atoms with van der Waals surface area (Å²) >= 11 is 1.36. The molecule has 2 aliphatic carbocycles. The van der Waals surface area contributed by atoms with E-state index < -0.39 is 18.1 Å². The average molecular weight is 532 g/mol. The van der Waals surface area contributed by atoms with Gasteiger partial charge >= 0.3 is 12.1 Å². The van der Waals surface area contributed by atoms with Crippen molar-refractivity contribution < 1.29 is 28.3 Å². The number of carbonyl (C=O) groups is 1. The smallest absolute Gasteiger partial charge is 0.391 e. The van der Waals surface area contributed by atoms with Crippen LogP contribution in [0.5, 0.6) is 0 Å². The van der Waals surface area contributed by atoms with Gasteiger partial charge in [-0.15, -0.1) is 16.5 Å². The molecule has 5 rings (SSSR count). The van der Waals surface area contributed by atoms with Gasteiger partial charge in [-0.1, -0.05) is 30.7 Å². The number of nitrogens with zero attached hydrogens (tertiary/aromatic N) is 2. The number of alkyl halides is 3. The summed E-state index contributed by atoms with van der Waals surface area (Å²) in [7, 11) is 0. The van der Waals surface area contributed by atoms with Crippen LogP contribution in [0, 0.1) is 5.92 Å². The van der Waals surface area contributed by atoms with E-state index in [1.54, 1.807) is 17.5 Å². The zero-order valence-corrected chi connectivity index (χ0v) is 20.9. The number of halogens is 3. The van der Waals surface area contributed by atoms with E-state index >= 15 is 0 Å². The lowest BCUT2D eigenvalue weighted by atomic mass is 9.78. The lowest BCUT2D eigenvalue weighted by Crippen LogP contribution is -2.27. The van der Waals surface area contributed by atoms with Gasteiger partial charge in [-0.05, 0) is 79.7 Å². The number of carboxylic acids is 1. The second kappa shape index (κ2) is 10.3. The second-order valence-electron chi connectivity index (χ2n) is 9.88. The number of nitrogens with one attached hydrogen (secondary N) is 1. The first-order valence-electron chi connectivity index (χ1n) is 12.4. The van der Waals surface area contributed by atoms with Gasteiger partial charge in [0.1, 0.15) is 5.01 Å². The van der Waals surface area contributed by atoms with Crippen molar-refractivity contribution in [1.82, 2.24) is 4.98 Å². The number of rotatable bonds is 7. The van der Waals surface area contributed by atoms with Gasteiger partial charge in [-0.25, -0.2) is 9.78 Å². The molecule has 0 unspecified atom stereocenters. The van der Waals surface area contributed by atoms with Crippen LogP contribution in [0.25, 0.3) is 10.6 Å². The fourth-order valence-electron chi connectivity index (χ4n) is 5.17. The zero-order chi connectivity index (χ0) is 26.2. The average Bonchev–Trinajstić information content (AvgIpc) is 3.34. The molecule has 0 bridgehead atoms. The molecule has 10 heteroatoms. The molecule has 0 aliphatic heterocycles. The van der Waals surface area contributed by atoms with Crippen molar-refractivity contribution in [2.45, 2.75) is 63.0 Å². The minimum Gasteiger partial charge on any atom is -0.478 e. The maximum atomic E-state index is 13.0. The lowest BCUT2D eigenvalue weighted by molar-refractivity contribution is -0.182. The molecule has 1 heterocycles. The first kappa shape index (κ1) is 25.5. The van der Waals surface area contributed by atoms with Crippen LogP contribution in [-0.4, -0.2) is 27.4 Å². The van der Waals surface area contributed by atoms with E-state index in [9.17, 15) is 28.3 Å². The quantitative estimate of drug-likeness (QED) is 0.269. The number of hydrogen-bond donors (Lipinski definition) is 3. The van der Waals surface area contributed by atoms with Crippen molar-refractivity contribution in [3.05, 3.63) is 64.5 Å². The van der Waals surface area contributed by atoms with E-state index in [0.717, 1.165) is 41.1 Å². The van der Waals surface area contributed by atoms with Gasteiger partial charge in [0, 0.05) is 10.9 Å². The summed E-state index contributed by atoms with van der Waals surface area (Å²) in [5.74, 6) is -1.49. The Morgan fingerprint density at radius 1 is 1.00 bits per heavy atom. The highest BCUT2D eigenvalue weighted by atomic mass is 32.1. The van der Waals surface area contributed by atoms with E-state index in [1.807, 2.05) is 24.3 Å². The molecule has 0 spiro atoms. The Kier molecular flexibility index (Phi) is 7.13. The van der Waals surface area contributed by atoms with Crippen LogP contribution in [0.4, 0.5) is 24.7 Å². The normalized spacial score (nSPS) is 20.3. The molecule has 2 aromatic carbocycles. The first-order valence-corrected chi connectivity index (χ1v) is 13.3. The van der Waals surface area contributed by atoms with Crippen LogP contribution in [-0.2, 0) is 0 Å². The summed E-state index contributed by atoms with van der Waals surface area (Å²) in [5.41, 5.74) is 6.54. The van der Waals surface area contributed by atoms with E-state index in [4.69, 9.17) is 0 Å². The number of thiazole rings is 1. The third kappa shape index (κ3) is 5.60. The van der Waals surface area contributed by atoms with E-state index in [1.165, 1.54) is 17.4 Å². The first-order chi connectivity index (χ1) is 17.7. The molecule has 6 nitrogen and oxygen atoms in total. The van der Waals surface area contributed by atoms with Gasteiger partial charge in [0.25, 0.3) is 0 Å². The van der Waals surface area contributed by atoms with Gasteiger partial charge < -0.3 is 5.11 Å². The van der Waals surface area contributed by atoms with Crippen LogP contribution in [0.1, 0.15) is 78.3 Å². The molecule has 0 amide bonds. The molecule has 196 valence electrons. The SMILES string of the molecule is O=C(O)c1ccc(NN(O)c2csc(-c3ccc(C4CCC(C(F)(F)F)CC4)cc3)n2)c(C2CCC2)c1. The summed E-state index contributed by atoms with van der Waals surface area (Å²) in [6.07, 6.45) is 0.353. The molecule has 2 fully saturated rings. The Balaban J connectivity index is 1.25. The maximum Gasteiger partial charge on any atom is 0.391 e. The minimum atomic E-state index is -4.10. The highest BCUT2D eigenvalue weighted by Crippen LogP contribution is 2.43. The number of aromatic nitrogens is 1. The Morgan fingerprint density at radius 2 is 1.70 bits per heavy atom. The molecule has 3 N–H and O–H groups in total. The van der Waals surface area contributed by atoms with Crippen molar-refractivity contribution in [1.29, 1.82) is 0 Å². The zero-order valence-electron chi connectivity index (χ0n) is 20.0. The van der Waals surface area contributed by atoms with Crippen LogP contribution < -0.4 is 10.6 Å². The molecule has 2 saturated carbocycles. The second-order valence-corrected chi connectivity index (χ2v) is 10.7. The minimum absolute atomic E-state index is 0.133. The molecular weight excluding hydrogens is 503 g/mol. The molecule has 0 radical (unpaired) electrons. The van der Waals surface area contributed by atoms with Gasteiger partial charge in [-0.2, -0.15) is 13.2 Å². The fraction of sp³-hybridized carbons (Fsp3) is 0.407. The number of hydrogen-bond acceptors (Lipinski definition) is 6. The monoisotopic (exact) mass is 531 g/mol. The number of hydrazine groups is 1. The lowest BCUT2D eigenvalue weighted by Gasteiger charge is -2.30.